The first-order valence-electron chi connectivity index (χ1n) is 7.16. The molecule has 2 aliphatic rings. The fraction of sp³-hybridized carbons (Fsp3) is 0.812. The van der Waals surface area contributed by atoms with Crippen molar-refractivity contribution in [3.05, 3.63) is 0 Å². The summed E-state index contributed by atoms with van der Waals surface area (Å²) in [7, 11) is -1.22. The van der Waals surface area contributed by atoms with Crippen molar-refractivity contribution >= 4 is 13.9 Å². The van der Waals surface area contributed by atoms with Gasteiger partial charge in [-0.25, -0.2) is 0 Å². The average Bonchev–Trinajstić information content (AvgIpc) is 2.84. The SMILES string of the molecule is CC1(C)CC(=O)[C@H]2C[C@@]2(CCC#C[Si](C)(C)C)C1. The van der Waals surface area contributed by atoms with Crippen molar-refractivity contribution in [1.82, 2.24) is 0 Å². The van der Waals surface area contributed by atoms with Gasteiger partial charge in [-0.2, -0.15) is 0 Å². The molecule has 0 amide bonds. The Balaban J connectivity index is 1.94. The van der Waals surface area contributed by atoms with Gasteiger partial charge < -0.3 is 0 Å². The molecule has 0 N–H and O–H groups in total. The van der Waals surface area contributed by atoms with Gasteiger partial charge in [0.05, 0.1) is 0 Å². The fourth-order valence-electron chi connectivity index (χ4n) is 3.61. The summed E-state index contributed by atoms with van der Waals surface area (Å²) in [5.41, 5.74) is 3.99. The molecule has 18 heavy (non-hydrogen) atoms. The Morgan fingerprint density at radius 3 is 2.61 bits per heavy atom. The quantitative estimate of drug-likeness (QED) is 0.542. The summed E-state index contributed by atoms with van der Waals surface area (Å²) in [6.45, 7) is 11.3. The number of Topliss-reactive ketones (excluding diaryl/α,β-unsaturated/α-hetero) is 1. The van der Waals surface area contributed by atoms with Gasteiger partial charge in [-0.15, -0.1) is 11.5 Å². The molecule has 0 aromatic carbocycles. The van der Waals surface area contributed by atoms with Gasteiger partial charge >= 0.3 is 0 Å². The van der Waals surface area contributed by atoms with Crippen LogP contribution < -0.4 is 0 Å². The number of carbonyl (C=O) groups is 1. The minimum atomic E-state index is -1.22. The van der Waals surface area contributed by atoms with E-state index in [-0.39, 0.29) is 5.41 Å². The van der Waals surface area contributed by atoms with Crippen LogP contribution >= 0.6 is 0 Å². The monoisotopic (exact) mass is 262 g/mol. The molecule has 1 nitrogen and oxygen atoms in total. The van der Waals surface area contributed by atoms with Crippen molar-refractivity contribution in [2.75, 3.05) is 0 Å². The molecule has 0 saturated heterocycles. The van der Waals surface area contributed by atoms with Crippen molar-refractivity contribution in [3.63, 3.8) is 0 Å². The smallest absolute Gasteiger partial charge is 0.137 e. The summed E-state index contributed by atoms with van der Waals surface area (Å²) < 4.78 is 0. The van der Waals surface area contributed by atoms with Crippen LogP contribution in [0.3, 0.4) is 0 Å². The predicted octanol–water partition coefficient (Wildman–Crippen LogP) is 4.04. The van der Waals surface area contributed by atoms with Gasteiger partial charge in [0.15, 0.2) is 0 Å². The molecule has 0 spiro atoms. The summed E-state index contributed by atoms with van der Waals surface area (Å²) in [5, 5.41) is 0. The average molecular weight is 262 g/mol. The van der Waals surface area contributed by atoms with Crippen molar-refractivity contribution in [2.24, 2.45) is 16.7 Å². The number of ketones is 1. The van der Waals surface area contributed by atoms with Crippen molar-refractivity contribution in [2.45, 2.75) is 65.6 Å². The molecule has 0 heterocycles. The standard InChI is InChI=1S/C16H26OSi/c1-15(2)11-14(17)13-10-16(13,12-15)8-6-7-9-18(3,4)5/h13H,6,8,10-12H2,1-5H3/t13-,16+/m1/s1. The van der Waals surface area contributed by atoms with Crippen molar-refractivity contribution in [1.29, 1.82) is 0 Å². The first kappa shape index (κ1) is 13.9. The van der Waals surface area contributed by atoms with E-state index in [1.54, 1.807) is 0 Å². The summed E-state index contributed by atoms with van der Waals surface area (Å²) in [4.78, 5) is 12.0. The van der Waals surface area contributed by atoms with Gasteiger partial charge in [0.1, 0.15) is 13.9 Å². The molecule has 2 atom stereocenters. The van der Waals surface area contributed by atoms with Gasteiger partial charge in [0.2, 0.25) is 0 Å². The van der Waals surface area contributed by atoms with Gasteiger partial charge in [0.25, 0.3) is 0 Å². The Bertz CT molecular complexity index is 419. The molecule has 2 fully saturated rings. The van der Waals surface area contributed by atoms with E-state index >= 15 is 0 Å². The third-order valence-electron chi connectivity index (χ3n) is 4.27. The van der Waals surface area contributed by atoms with Crippen LogP contribution in [0.1, 0.15) is 46.0 Å². The van der Waals surface area contributed by atoms with Crippen molar-refractivity contribution in [3.8, 4) is 11.5 Å². The normalized spacial score (nSPS) is 33.4. The summed E-state index contributed by atoms with van der Waals surface area (Å²) in [6.07, 6.45) is 5.30. The maximum absolute atomic E-state index is 12.0. The number of fused-ring (bicyclic) bond motifs is 1. The zero-order valence-corrected chi connectivity index (χ0v) is 13.5. The van der Waals surface area contributed by atoms with Crippen LogP contribution in [-0.4, -0.2) is 13.9 Å². The van der Waals surface area contributed by atoms with Crippen LogP contribution in [0.4, 0.5) is 0 Å². The highest BCUT2D eigenvalue weighted by Crippen LogP contribution is 2.66. The molecule has 0 aromatic rings. The number of hydrogen-bond acceptors (Lipinski definition) is 1. The second-order valence-corrected chi connectivity index (χ2v) is 12.9. The Labute approximate surface area is 113 Å². The molecular weight excluding hydrogens is 236 g/mol. The molecule has 2 saturated carbocycles. The van der Waals surface area contributed by atoms with E-state index < -0.39 is 8.07 Å². The number of hydrogen-bond donors (Lipinski definition) is 0. The molecular formula is C16H26OSi. The van der Waals surface area contributed by atoms with Crippen LogP contribution in [0.5, 0.6) is 0 Å². The molecule has 2 rings (SSSR count). The first-order chi connectivity index (χ1) is 8.14. The lowest BCUT2D eigenvalue weighted by atomic mass is 9.70. The van der Waals surface area contributed by atoms with Gasteiger partial charge in [-0.3, -0.25) is 4.79 Å². The Kier molecular flexibility index (Phi) is 3.26. The molecule has 0 bridgehead atoms. The molecule has 100 valence electrons. The fourth-order valence-corrected chi connectivity index (χ4v) is 4.27. The summed E-state index contributed by atoms with van der Waals surface area (Å²) >= 11 is 0. The van der Waals surface area contributed by atoms with Crippen LogP contribution in [0, 0.1) is 28.2 Å². The molecule has 0 aromatic heterocycles. The van der Waals surface area contributed by atoms with E-state index in [0.29, 0.717) is 17.1 Å². The Morgan fingerprint density at radius 1 is 1.33 bits per heavy atom. The zero-order chi connectivity index (χ0) is 13.6. The Hall–Kier alpha value is -0.553. The molecule has 0 radical (unpaired) electrons. The summed E-state index contributed by atoms with van der Waals surface area (Å²) in [6, 6.07) is 0. The highest BCUT2D eigenvalue weighted by Gasteiger charge is 2.61. The molecule has 0 unspecified atom stereocenters. The van der Waals surface area contributed by atoms with Crippen LogP contribution in [0.15, 0.2) is 0 Å². The Morgan fingerprint density at radius 2 is 2.00 bits per heavy atom. The molecule has 2 aliphatic carbocycles. The van der Waals surface area contributed by atoms with Gasteiger partial charge in [-0.1, -0.05) is 33.5 Å². The molecule has 0 aliphatic heterocycles. The van der Waals surface area contributed by atoms with Crippen LogP contribution in [0.25, 0.3) is 0 Å². The number of rotatable bonds is 2. The zero-order valence-electron chi connectivity index (χ0n) is 12.5. The van der Waals surface area contributed by atoms with Crippen molar-refractivity contribution < 1.29 is 4.79 Å². The predicted molar refractivity (Wildman–Crippen MR) is 78.9 cm³/mol. The van der Waals surface area contributed by atoms with E-state index in [2.05, 4.69) is 45.0 Å². The third kappa shape index (κ3) is 3.06. The lowest BCUT2D eigenvalue weighted by Gasteiger charge is -2.34. The van der Waals surface area contributed by atoms with E-state index in [1.807, 2.05) is 0 Å². The number of carbonyl (C=O) groups excluding carboxylic acids is 1. The lowest BCUT2D eigenvalue weighted by Crippen LogP contribution is -2.30. The molecule has 2 heteroatoms. The van der Waals surface area contributed by atoms with E-state index in [0.717, 1.165) is 25.7 Å². The van der Waals surface area contributed by atoms with E-state index in [9.17, 15) is 4.79 Å². The lowest BCUT2D eigenvalue weighted by molar-refractivity contribution is -0.125. The van der Waals surface area contributed by atoms with Crippen LogP contribution in [0.2, 0.25) is 19.6 Å². The maximum atomic E-state index is 12.0. The second-order valence-electron chi connectivity index (χ2n) is 8.15. The minimum absolute atomic E-state index is 0.219. The highest BCUT2D eigenvalue weighted by atomic mass is 28.3. The largest absolute Gasteiger partial charge is 0.299 e. The summed E-state index contributed by atoms with van der Waals surface area (Å²) in [5.74, 6) is 4.27. The second kappa shape index (κ2) is 4.23. The third-order valence-corrected chi connectivity index (χ3v) is 5.20. The van der Waals surface area contributed by atoms with Gasteiger partial charge in [0, 0.05) is 18.8 Å². The first-order valence-corrected chi connectivity index (χ1v) is 10.7. The minimum Gasteiger partial charge on any atom is -0.299 e. The van der Waals surface area contributed by atoms with Gasteiger partial charge in [-0.05, 0) is 30.1 Å². The maximum Gasteiger partial charge on any atom is 0.137 e. The topological polar surface area (TPSA) is 17.1 Å². The highest BCUT2D eigenvalue weighted by molar-refractivity contribution is 6.83. The van der Waals surface area contributed by atoms with E-state index in [4.69, 9.17) is 0 Å². The van der Waals surface area contributed by atoms with E-state index in [1.165, 1.54) is 6.42 Å². The van der Waals surface area contributed by atoms with Crippen LogP contribution in [-0.2, 0) is 4.79 Å².